The van der Waals surface area contributed by atoms with Gasteiger partial charge in [-0.05, 0) is 37.3 Å². The highest BCUT2D eigenvalue weighted by Crippen LogP contribution is 2.24. The third kappa shape index (κ3) is 5.92. The summed E-state index contributed by atoms with van der Waals surface area (Å²) in [7, 11) is 0. The molecule has 0 saturated heterocycles. The molecule has 2 rings (SSSR count). The van der Waals surface area contributed by atoms with E-state index < -0.39 is 0 Å². The first-order chi connectivity index (χ1) is 9.65. The van der Waals surface area contributed by atoms with Gasteiger partial charge in [-0.25, -0.2) is 0 Å². The van der Waals surface area contributed by atoms with Crippen molar-refractivity contribution in [3.63, 3.8) is 0 Å². The Morgan fingerprint density at radius 3 is 2.75 bits per heavy atom. The minimum absolute atomic E-state index is 0.593. The van der Waals surface area contributed by atoms with Crippen LogP contribution >= 0.6 is 11.3 Å². The largest absolute Gasteiger partial charge is 0.379 e. The van der Waals surface area contributed by atoms with Gasteiger partial charge in [0.2, 0.25) is 0 Å². The van der Waals surface area contributed by atoms with E-state index in [-0.39, 0.29) is 0 Å². The summed E-state index contributed by atoms with van der Waals surface area (Å²) in [5.74, 6) is 0.593. The van der Waals surface area contributed by atoms with Gasteiger partial charge in [0.05, 0.1) is 19.8 Å². The Labute approximate surface area is 126 Å². The van der Waals surface area contributed by atoms with Crippen molar-refractivity contribution in [1.82, 2.24) is 5.32 Å². The number of hydrogen-bond donors (Lipinski definition) is 1. The maximum atomic E-state index is 5.69. The molecule has 1 aromatic rings. The molecule has 0 atom stereocenters. The summed E-state index contributed by atoms with van der Waals surface area (Å²) in [5, 5.41) is 3.56. The molecule has 0 aliphatic heterocycles. The van der Waals surface area contributed by atoms with Gasteiger partial charge in [-0.2, -0.15) is 0 Å². The smallest absolute Gasteiger partial charge is 0.0728 e. The minimum atomic E-state index is 0.593. The molecule has 1 saturated carbocycles. The van der Waals surface area contributed by atoms with Crippen molar-refractivity contribution in [3.05, 3.63) is 21.4 Å². The second kappa shape index (κ2) is 8.13. The van der Waals surface area contributed by atoms with Crippen LogP contribution < -0.4 is 5.32 Å². The molecular formula is C16H27NO2S. The molecule has 1 N–H and O–H groups in total. The summed E-state index contributed by atoms with van der Waals surface area (Å²) >= 11 is 1.88. The van der Waals surface area contributed by atoms with Gasteiger partial charge in [-0.15, -0.1) is 11.3 Å². The van der Waals surface area contributed by atoms with Crippen molar-refractivity contribution >= 4 is 11.3 Å². The Morgan fingerprint density at radius 2 is 2.05 bits per heavy atom. The lowest BCUT2D eigenvalue weighted by Crippen LogP contribution is -2.14. The average molecular weight is 297 g/mol. The lowest BCUT2D eigenvalue weighted by molar-refractivity contribution is 0.0314. The number of aryl methyl sites for hydroxylation is 1. The average Bonchev–Trinajstić information content (AvgIpc) is 3.16. The van der Waals surface area contributed by atoms with Crippen molar-refractivity contribution in [2.75, 3.05) is 19.8 Å². The minimum Gasteiger partial charge on any atom is -0.379 e. The monoisotopic (exact) mass is 297 g/mol. The highest BCUT2D eigenvalue weighted by Gasteiger charge is 2.20. The Morgan fingerprint density at radius 1 is 1.30 bits per heavy atom. The maximum absolute atomic E-state index is 5.69. The van der Waals surface area contributed by atoms with Crippen molar-refractivity contribution in [1.29, 1.82) is 0 Å². The zero-order chi connectivity index (χ0) is 14.4. The molecule has 1 aliphatic carbocycles. The molecular weight excluding hydrogens is 270 g/mol. The Balaban J connectivity index is 1.61. The van der Waals surface area contributed by atoms with Gasteiger partial charge >= 0.3 is 0 Å². The third-order valence-electron chi connectivity index (χ3n) is 3.29. The number of hydrogen-bond acceptors (Lipinski definition) is 4. The van der Waals surface area contributed by atoms with E-state index in [0.717, 1.165) is 19.2 Å². The van der Waals surface area contributed by atoms with Crippen LogP contribution in [0.25, 0.3) is 0 Å². The molecule has 0 spiro atoms. The van der Waals surface area contributed by atoms with Gasteiger partial charge in [-0.1, -0.05) is 13.8 Å². The third-order valence-corrected chi connectivity index (χ3v) is 4.39. The lowest BCUT2D eigenvalue weighted by atomic mass is 10.2. The number of ether oxygens (including phenoxy) is 2. The molecule has 0 aromatic carbocycles. The molecule has 0 radical (unpaired) electrons. The van der Waals surface area contributed by atoms with Crippen LogP contribution in [0.3, 0.4) is 0 Å². The summed E-state index contributed by atoms with van der Waals surface area (Å²) < 4.78 is 11.2. The zero-order valence-corrected chi connectivity index (χ0v) is 13.7. The van der Waals surface area contributed by atoms with E-state index in [1.54, 1.807) is 0 Å². The topological polar surface area (TPSA) is 30.5 Å². The van der Waals surface area contributed by atoms with Crippen LogP contribution in [0, 0.1) is 12.8 Å². The van der Waals surface area contributed by atoms with E-state index >= 15 is 0 Å². The molecule has 1 heterocycles. The van der Waals surface area contributed by atoms with Gasteiger partial charge in [-0.3, -0.25) is 0 Å². The maximum Gasteiger partial charge on any atom is 0.0728 e. The summed E-state index contributed by atoms with van der Waals surface area (Å²) in [6.45, 7) is 10.4. The van der Waals surface area contributed by atoms with Crippen molar-refractivity contribution in [3.8, 4) is 0 Å². The SMILES string of the molecule is Cc1sc(CNC2CC2)cc1COCCOCC(C)C. The normalized spacial score (nSPS) is 15.2. The molecule has 1 fully saturated rings. The van der Waals surface area contributed by atoms with E-state index in [9.17, 15) is 0 Å². The van der Waals surface area contributed by atoms with E-state index in [4.69, 9.17) is 9.47 Å². The highest BCUT2D eigenvalue weighted by molar-refractivity contribution is 7.12. The first kappa shape index (κ1) is 16.0. The number of thiophene rings is 1. The van der Waals surface area contributed by atoms with E-state index in [1.807, 2.05) is 11.3 Å². The zero-order valence-electron chi connectivity index (χ0n) is 12.9. The first-order valence-corrected chi connectivity index (χ1v) is 8.44. The summed E-state index contributed by atoms with van der Waals surface area (Å²) in [6, 6.07) is 3.06. The fourth-order valence-electron chi connectivity index (χ4n) is 1.97. The van der Waals surface area contributed by atoms with Gasteiger partial charge in [0.15, 0.2) is 0 Å². The van der Waals surface area contributed by atoms with Crippen LogP contribution in [0.4, 0.5) is 0 Å². The highest BCUT2D eigenvalue weighted by atomic mass is 32.1. The Bertz CT molecular complexity index is 399. The van der Waals surface area contributed by atoms with Crippen molar-refractivity contribution in [2.24, 2.45) is 5.92 Å². The van der Waals surface area contributed by atoms with Crippen molar-refractivity contribution < 1.29 is 9.47 Å². The van der Waals surface area contributed by atoms with Crippen molar-refractivity contribution in [2.45, 2.75) is 52.8 Å². The van der Waals surface area contributed by atoms with Gasteiger partial charge in [0.25, 0.3) is 0 Å². The summed E-state index contributed by atoms with van der Waals surface area (Å²) in [4.78, 5) is 2.80. The second-order valence-corrected chi connectivity index (χ2v) is 7.31. The predicted molar refractivity (Wildman–Crippen MR) is 84.2 cm³/mol. The van der Waals surface area contributed by atoms with Crippen LogP contribution in [0.1, 0.15) is 42.0 Å². The molecule has 3 nitrogen and oxygen atoms in total. The number of nitrogens with one attached hydrogen (secondary N) is 1. The van der Waals surface area contributed by atoms with E-state index in [0.29, 0.717) is 25.7 Å². The predicted octanol–water partition coefficient (Wildman–Crippen LogP) is 3.50. The molecule has 1 aliphatic rings. The molecule has 0 bridgehead atoms. The molecule has 20 heavy (non-hydrogen) atoms. The summed E-state index contributed by atoms with van der Waals surface area (Å²) in [5.41, 5.74) is 1.33. The van der Waals surface area contributed by atoms with Gasteiger partial charge in [0.1, 0.15) is 0 Å². The molecule has 0 unspecified atom stereocenters. The quantitative estimate of drug-likeness (QED) is 0.671. The van der Waals surface area contributed by atoms with Crippen LogP contribution in [0.2, 0.25) is 0 Å². The van der Waals surface area contributed by atoms with Crippen LogP contribution in [0.5, 0.6) is 0 Å². The Hall–Kier alpha value is -0.420. The van der Waals surface area contributed by atoms with Crippen LogP contribution in [-0.4, -0.2) is 25.9 Å². The number of rotatable bonds is 10. The lowest BCUT2D eigenvalue weighted by Gasteiger charge is -2.07. The van der Waals surface area contributed by atoms with E-state index in [2.05, 4.69) is 32.2 Å². The first-order valence-electron chi connectivity index (χ1n) is 7.62. The molecule has 1 aromatic heterocycles. The van der Waals surface area contributed by atoms with Crippen LogP contribution in [-0.2, 0) is 22.6 Å². The van der Waals surface area contributed by atoms with Crippen LogP contribution in [0.15, 0.2) is 6.07 Å². The molecule has 0 amide bonds. The van der Waals surface area contributed by atoms with Gasteiger partial charge in [0, 0.05) is 28.9 Å². The summed E-state index contributed by atoms with van der Waals surface area (Å²) in [6.07, 6.45) is 2.69. The fraction of sp³-hybridized carbons (Fsp3) is 0.750. The van der Waals surface area contributed by atoms with Gasteiger partial charge < -0.3 is 14.8 Å². The standard InChI is InChI=1S/C16H27NO2S/c1-12(2)10-18-6-7-19-11-14-8-16(20-13(14)3)9-17-15-4-5-15/h8,12,15,17H,4-7,9-11H2,1-3H3. The Kier molecular flexibility index (Phi) is 6.49. The molecule has 4 heteroatoms. The fourth-order valence-corrected chi connectivity index (χ4v) is 2.97. The second-order valence-electron chi connectivity index (χ2n) is 5.97. The van der Waals surface area contributed by atoms with E-state index in [1.165, 1.54) is 28.2 Å². The molecule has 114 valence electrons.